The van der Waals surface area contributed by atoms with Crippen molar-refractivity contribution in [2.45, 2.75) is 32.2 Å². The third-order valence-corrected chi connectivity index (χ3v) is 7.45. The van der Waals surface area contributed by atoms with Crippen LogP contribution in [0.2, 0.25) is 0 Å². The molecule has 198 valence electrons. The summed E-state index contributed by atoms with van der Waals surface area (Å²) in [5.41, 5.74) is 2.51. The molecule has 2 heterocycles. The van der Waals surface area contributed by atoms with Gasteiger partial charge in [0.05, 0.1) is 37.1 Å². The summed E-state index contributed by atoms with van der Waals surface area (Å²) in [5.74, 6) is -0.485. The summed E-state index contributed by atoms with van der Waals surface area (Å²) < 4.78 is 15.4. The number of thiophene rings is 1. The predicted octanol–water partition coefficient (Wildman–Crippen LogP) is 5.47. The van der Waals surface area contributed by atoms with E-state index in [2.05, 4.69) is 16.4 Å². The van der Waals surface area contributed by atoms with Gasteiger partial charge in [-0.05, 0) is 62.7 Å². The summed E-state index contributed by atoms with van der Waals surface area (Å²) in [5, 5.41) is 13.0. The van der Waals surface area contributed by atoms with Gasteiger partial charge in [0.2, 0.25) is 5.91 Å². The summed E-state index contributed by atoms with van der Waals surface area (Å²) in [7, 11) is 1.59. The maximum Gasteiger partial charge on any atom is 0.348 e. The number of esters is 2. The Balaban J connectivity index is 1.72. The number of pyridine rings is 1. The average Bonchev–Trinajstić information content (AvgIpc) is 3.24. The van der Waals surface area contributed by atoms with Crippen molar-refractivity contribution < 1.29 is 28.6 Å². The number of hydrogen-bond donors (Lipinski definition) is 1. The van der Waals surface area contributed by atoms with E-state index in [0.717, 1.165) is 22.6 Å². The maximum absolute atomic E-state index is 12.8. The number of rotatable bonds is 11. The molecule has 3 aromatic rings. The standard InChI is InChI=1S/C27H27N3O6S2/c1-5-35-26(32)22-16(3)23(27(33)36-6-2)38-25(22)30-21(31)13-14-37-24-18(15-28)9-12-20(29-24)17-7-10-19(34-4)11-8-17/h7-12H,5-6,13-14H2,1-4H3,(H,30,31). The number of thioether (sulfide) groups is 1. The maximum atomic E-state index is 12.8. The van der Waals surface area contributed by atoms with Gasteiger partial charge in [0.1, 0.15) is 26.7 Å². The molecule has 9 nitrogen and oxygen atoms in total. The Labute approximate surface area is 229 Å². The van der Waals surface area contributed by atoms with E-state index in [1.54, 1.807) is 40.0 Å². The zero-order chi connectivity index (χ0) is 27.7. The van der Waals surface area contributed by atoms with Gasteiger partial charge in [-0.3, -0.25) is 4.79 Å². The number of benzene rings is 1. The molecule has 38 heavy (non-hydrogen) atoms. The Morgan fingerprint density at radius 2 is 1.74 bits per heavy atom. The number of nitrogens with zero attached hydrogens (tertiary/aromatic N) is 2. The second kappa shape index (κ2) is 13.6. The number of carbonyl (C=O) groups excluding carboxylic acids is 3. The smallest absolute Gasteiger partial charge is 0.348 e. The van der Waals surface area contributed by atoms with Gasteiger partial charge in [-0.2, -0.15) is 5.26 Å². The molecule has 0 saturated carbocycles. The first-order valence-corrected chi connectivity index (χ1v) is 13.6. The topological polar surface area (TPSA) is 128 Å². The Hall–Kier alpha value is -3.88. The Kier molecular flexibility index (Phi) is 10.3. The van der Waals surface area contributed by atoms with Crippen LogP contribution in [0.1, 0.15) is 51.4 Å². The molecule has 0 saturated heterocycles. The molecule has 0 unspecified atom stereocenters. The lowest BCUT2D eigenvalue weighted by Crippen LogP contribution is -2.15. The van der Waals surface area contributed by atoms with Crippen molar-refractivity contribution in [3.63, 3.8) is 0 Å². The van der Waals surface area contributed by atoms with Crippen molar-refractivity contribution in [3.05, 3.63) is 58.0 Å². The van der Waals surface area contributed by atoms with Crippen molar-refractivity contribution >= 4 is 45.9 Å². The molecule has 0 spiro atoms. The number of carbonyl (C=O) groups is 3. The van der Waals surface area contributed by atoms with Gasteiger partial charge in [0, 0.05) is 17.7 Å². The first-order chi connectivity index (χ1) is 18.3. The van der Waals surface area contributed by atoms with Crippen LogP contribution in [0.4, 0.5) is 5.00 Å². The first kappa shape index (κ1) is 28.7. The van der Waals surface area contributed by atoms with Crippen molar-refractivity contribution in [2.75, 3.05) is 31.4 Å². The lowest BCUT2D eigenvalue weighted by Gasteiger charge is -2.09. The van der Waals surface area contributed by atoms with Crippen molar-refractivity contribution in [2.24, 2.45) is 0 Å². The molecule has 1 amide bonds. The molecular weight excluding hydrogens is 526 g/mol. The highest BCUT2D eigenvalue weighted by Crippen LogP contribution is 2.35. The summed E-state index contributed by atoms with van der Waals surface area (Å²) in [6.45, 7) is 5.31. The van der Waals surface area contributed by atoms with Gasteiger partial charge >= 0.3 is 11.9 Å². The van der Waals surface area contributed by atoms with Crippen molar-refractivity contribution in [3.8, 4) is 23.1 Å². The van der Waals surface area contributed by atoms with Crippen LogP contribution in [0.25, 0.3) is 11.3 Å². The Bertz CT molecular complexity index is 1360. The second-order valence-electron chi connectivity index (χ2n) is 7.74. The SMILES string of the molecule is CCOC(=O)c1sc(NC(=O)CCSc2nc(-c3ccc(OC)cc3)ccc2C#N)c(C(=O)OCC)c1C. The number of amides is 1. The lowest BCUT2D eigenvalue weighted by atomic mass is 10.1. The largest absolute Gasteiger partial charge is 0.497 e. The minimum atomic E-state index is -0.625. The quantitative estimate of drug-likeness (QED) is 0.243. The minimum Gasteiger partial charge on any atom is -0.497 e. The van der Waals surface area contributed by atoms with E-state index in [4.69, 9.17) is 14.2 Å². The van der Waals surface area contributed by atoms with Crippen molar-refractivity contribution in [1.29, 1.82) is 5.26 Å². The normalized spacial score (nSPS) is 10.4. The fourth-order valence-corrected chi connectivity index (χ4v) is 5.45. The fourth-order valence-electron chi connectivity index (χ4n) is 3.43. The molecule has 11 heteroatoms. The number of hydrogen-bond acceptors (Lipinski definition) is 10. The van der Waals surface area contributed by atoms with Crippen molar-refractivity contribution in [1.82, 2.24) is 4.98 Å². The molecular formula is C27H27N3O6S2. The van der Waals surface area contributed by atoms with E-state index in [-0.39, 0.29) is 41.0 Å². The zero-order valence-electron chi connectivity index (χ0n) is 21.5. The van der Waals surface area contributed by atoms with E-state index in [1.807, 2.05) is 24.3 Å². The van der Waals surface area contributed by atoms with E-state index < -0.39 is 11.9 Å². The van der Waals surface area contributed by atoms with Crippen LogP contribution in [-0.4, -0.2) is 48.9 Å². The Morgan fingerprint density at radius 1 is 1.05 bits per heavy atom. The van der Waals surface area contributed by atoms with Gasteiger partial charge < -0.3 is 19.5 Å². The van der Waals surface area contributed by atoms with Crippen LogP contribution < -0.4 is 10.1 Å². The summed E-state index contributed by atoms with van der Waals surface area (Å²) in [6, 6.07) is 13.0. The molecule has 0 fully saturated rings. The number of anilines is 1. The summed E-state index contributed by atoms with van der Waals surface area (Å²) in [4.78, 5) is 42.5. The molecule has 2 aromatic heterocycles. The van der Waals surface area contributed by atoms with Crippen LogP contribution in [0, 0.1) is 18.3 Å². The lowest BCUT2D eigenvalue weighted by molar-refractivity contribution is -0.115. The Morgan fingerprint density at radius 3 is 2.37 bits per heavy atom. The number of methoxy groups -OCH3 is 1. The average molecular weight is 554 g/mol. The van der Waals surface area contributed by atoms with Gasteiger partial charge in [0.15, 0.2) is 0 Å². The van der Waals surface area contributed by atoms with Crippen LogP contribution in [-0.2, 0) is 14.3 Å². The third-order valence-electron chi connectivity index (χ3n) is 5.27. The zero-order valence-corrected chi connectivity index (χ0v) is 23.1. The van der Waals surface area contributed by atoms with Gasteiger partial charge in [0.25, 0.3) is 0 Å². The predicted molar refractivity (Wildman–Crippen MR) is 146 cm³/mol. The summed E-state index contributed by atoms with van der Waals surface area (Å²) >= 11 is 2.26. The molecule has 1 aromatic carbocycles. The number of nitriles is 1. The highest BCUT2D eigenvalue weighted by Gasteiger charge is 2.27. The fraction of sp³-hybridized carbons (Fsp3) is 0.296. The highest BCUT2D eigenvalue weighted by atomic mass is 32.2. The van der Waals surface area contributed by atoms with E-state index in [9.17, 15) is 19.6 Å². The minimum absolute atomic E-state index is 0.0813. The van der Waals surface area contributed by atoms with E-state index in [0.29, 0.717) is 27.6 Å². The second-order valence-corrected chi connectivity index (χ2v) is 9.84. The molecule has 0 aliphatic carbocycles. The number of ether oxygens (including phenoxy) is 3. The molecule has 0 aliphatic rings. The third kappa shape index (κ3) is 6.90. The van der Waals surface area contributed by atoms with E-state index in [1.165, 1.54) is 11.8 Å². The highest BCUT2D eigenvalue weighted by molar-refractivity contribution is 7.99. The number of aromatic nitrogens is 1. The van der Waals surface area contributed by atoms with Crippen LogP contribution >= 0.6 is 23.1 Å². The van der Waals surface area contributed by atoms with Gasteiger partial charge in [-0.15, -0.1) is 23.1 Å². The molecule has 0 radical (unpaired) electrons. The molecule has 0 bridgehead atoms. The monoisotopic (exact) mass is 553 g/mol. The molecule has 0 aliphatic heterocycles. The number of nitrogens with one attached hydrogen (secondary N) is 1. The van der Waals surface area contributed by atoms with Gasteiger partial charge in [-0.1, -0.05) is 0 Å². The van der Waals surface area contributed by atoms with Gasteiger partial charge in [-0.25, -0.2) is 14.6 Å². The first-order valence-electron chi connectivity index (χ1n) is 11.8. The van der Waals surface area contributed by atoms with Crippen LogP contribution in [0.5, 0.6) is 5.75 Å². The molecule has 3 rings (SSSR count). The molecule has 1 N–H and O–H groups in total. The molecule has 0 atom stereocenters. The summed E-state index contributed by atoms with van der Waals surface area (Å²) in [6.07, 6.45) is 0.0813. The van der Waals surface area contributed by atoms with Crippen LogP contribution in [0.15, 0.2) is 41.4 Å². The van der Waals surface area contributed by atoms with E-state index >= 15 is 0 Å². The van der Waals surface area contributed by atoms with Crippen LogP contribution in [0.3, 0.4) is 0 Å².